The molecule has 0 saturated heterocycles. The number of rotatable bonds is 4. The third-order valence-electron chi connectivity index (χ3n) is 3.23. The van der Waals surface area contributed by atoms with Gasteiger partial charge in [0.05, 0.1) is 5.69 Å². The Kier molecular flexibility index (Phi) is 4.00. The van der Waals surface area contributed by atoms with Crippen LogP contribution in [0.1, 0.15) is 23.9 Å². The lowest BCUT2D eigenvalue weighted by molar-refractivity contribution is -0.119. The maximum atomic E-state index is 12.1. The van der Waals surface area contributed by atoms with Gasteiger partial charge in [-0.25, -0.2) is 0 Å². The quantitative estimate of drug-likeness (QED) is 0.916. The Morgan fingerprint density at radius 1 is 1.32 bits per heavy atom. The predicted octanol–water partition coefficient (Wildman–Crippen LogP) is 3.11. The highest BCUT2D eigenvalue weighted by Gasteiger charge is 2.18. The van der Waals surface area contributed by atoms with E-state index in [0.717, 1.165) is 22.7 Å². The number of anilines is 1. The summed E-state index contributed by atoms with van der Waals surface area (Å²) in [5.74, 6) is 0.610. The minimum absolute atomic E-state index is 0.0142. The molecule has 2 rings (SSSR count). The monoisotopic (exact) mass is 258 g/mol. The van der Waals surface area contributed by atoms with Crippen molar-refractivity contribution in [3.63, 3.8) is 0 Å². The lowest BCUT2D eigenvalue weighted by atomic mass is 10.0. The first-order valence-electron chi connectivity index (χ1n) is 6.35. The molecule has 4 heteroatoms. The van der Waals surface area contributed by atoms with Crippen molar-refractivity contribution in [1.82, 2.24) is 5.16 Å². The Balaban J connectivity index is 1.98. The Morgan fingerprint density at radius 3 is 2.58 bits per heavy atom. The van der Waals surface area contributed by atoms with Crippen molar-refractivity contribution < 1.29 is 9.32 Å². The van der Waals surface area contributed by atoms with E-state index in [0.29, 0.717) is 6.42 Å². The van der Waals surface area contributed by atoms with Gasteiger partial charge in [-0.15, -0.1) is 0 Å². The highest BCUT2D eigenvalue weighted by atomic mass is 16.5. The summed E-state index contributed by atoms with van der Waals surface area (Å²) in [4.78, 5) is 12.1. The number of aromatic nitrogens is 1. The Morgan fingerprint density at radius 2 is 2.00 bits per heavy atom. The molecule has 0 saturated carbocycles. The first-order chi connectivity index (χ1) is 9.08. The van der Waals surface area contributed by atoms with E-state index in [4.69, 9.17) is 4.52 Å². The van der Waals surface area contributed by atoms with Gasteiger partial charge in [-0.3, -0.25) is 4.79 Å². The van der Waals surface area contributed by atoms with Crippen molar-refractivity contribution >= 4 is 11.6 Å². The van der Waals surface area contributed by atoms with E-state index in [1.54, 1.807) is 0 Å². The fraction of sp³-hybridized carbons (Fsp3) is 0.333. The second-order valence-corrected chi connectivity index (χ2v) is 4.78. The summed E-state index contributed by atoms with van der Waals surface area (Å²) in [5.41, 5.74) is 2.72. The van der Waals surface area contributed by atoms with Crippen molar-refractivity contribution in [2.75, 3.05) is 5.32 Å². The lowest BCUT2D eigenvalue weighted by Gasteiger charge is -2.10. The molecule has 0 fully saturated rings. The number of amides is 1. The van der Waals surface area contributed by atoms with E-state index in [9.17, 15) is 4.79 Å². The predicted molar refractivity (Wildman–Crippen MR) is 73.9 cm³/mol. The molecule has 0 aliphatic carbocycles. The smallest absolute Gasteiger partial charge is 0.227 e. The van der Waals surface area contributed by atoms with Crippen molar-refractivity contribution in [3.05, 3.63) is 47.3 Å². The molecule has 1 N–H and O–H groups in total. The number of para-hydroxylation sites is 1. The van der Waals surface area contributed by atoms with Gasteiger partial charge in [0.25, 0.3) is 0 Å². The zero-order valence-electron chi connectivity index (χ0n) is 11.4. The van der Waals surface area contributed by atoms with Crippen LogP contribution in [-0.2, 0) is 11.2 Å². The normalized spacial score (nSPS) is 12.2. The largest absolute Gasteiger partial charge is 0.361 e. The van der Waals surface area contributed by atoms with Crippen LogP contribution in [0.4, 0.5) is 5.69 Å². The number of hydrogen-bond donors (Lipinski definition) is 1. The molecular formula is C15H18N2O2. The average molecular weight is 258 g/mol. The average Bonchev–Trinajstić information content (AvgIpc) is 2.72. The number of benzene rings is 1. The topological polar surface area (TPSA) is 55.1 Å². The zero-order chi connectivity index (χ0) is 13.8. The number of carbonyl (C=O) groups excluding carboxylic acids is 1. The summed E-state index contributed by atoms with van der Waals surface area (Å²) < 4.78 is 5.24. The summed E-state index contributed by atoms with van der Waals surface area (Å²) in [7, 11) is 0. The molecule has 19 heavy (non-hydrogen) atoms. The second-order valence-electron chi connectivity index (χ2n) is 4.78. The molecule has 1 heterocycles. The van der Waals surface area contributed by atoms with Gasteiger partial charge >= 0.3 is 0 Å². The van der Waals surface area contributed by atoms with Gasteiger partial charge in [-0.05, 0) is 26.0 Å². The molecule has 0 bridgehead atoms. The Bertz CT molecular complexity index is 561. The summed E-state index contributed by atoms with van der Waals surface area (Å²) in [6.07, 6.45) is 0.561. The highest BCUT2D eigenvalue weighted by molar-refractivity contribution is 5.92. The standard InChI is InChI=1S/C15H18N2O2/c1-10(9-14-11(2)12(3)17-19-14)15(18)16-13-7-5-4-6-8-13/h4-8,10H,9H2,1-3H3,(H,16,18)/t10-/m1/s1. The molecule has 1 aromatic carbocycles. The molecule has 0 unspecified atom stereocenters. The number of nitrogens with one attached hydrogen (secondary N) is 1. The van der Waals surface area contributed by atoms with Crippen LogP contribution in [0, 0.1) is 19.8 Å². The van der Waals surface area contributed by atoms with Crippen LogP contribution >= 0.6 is 0 Å². The molecule has 0 aliphatic heterocycles. The van der Waals surface area contributed by atoms with Gasteiger partial charge in [0.15, 0.2) is 0 Å². The zero-order valence-corrected chi connectivity index (χ0v) is 11.4. The maximum Gasteiger partial charge on any atom is 0.227 e. The van der Waals surface area contributed by atoms with E-state index in [-0.39, 0.29) is 11.8 Å². The first kappa shape index (κ1) is 13.3. The van der Waals surface area contributed by atoms with Gasteiger partial charge < -0.3 is 9.84 Å². The first-order valence-corrected chi connectivity index (χ1v) is 6.35. The summed E-state index contributed by atoms with van der Waals surface area (Å²) >= 11 is 0. The molecule has 1 aromatic heterocycles. The van der Waals surface area contributed by atoms with Crippen LogP contribution in [0.2, 0.25) is 0 Å². The Hall–Kier alpha value is -2.10. The summed E-state index contributed by atoms with van der Waals surface area (Å²) in [6.45, 7) is 5.75. The molecule has 100 valence electrons. The van der Waals surface area contributed by atoms with Crippen LogP contribution in [0.25, 0.3) is 0 Å². The van der Waals surface area contributed by atoms with E-state index in [2.05, 4.69) is 10.5 Å². The van der Waals surface area contributed by atoms with Crippen molar-refractivity contribution in [1.29, 1.82) is 0 Å². The molecular weight excluding hydrogens is 240 g/mol. The van der Waals surface area contributed by atoms with Gasteiger partial charge in [0.1, 0.15) is 5.76 Å². The lowest BCUT2D eigenvalue weighted by Crippen LogP contribution is -2.22. The third kappa shape index (κ3) is 3.22. The summed E-state index contributed by atoms with van der Waals surface area (Å²) in [5, 5.41) is 6.79. The molecule has 2 aromatic rings. The molecule has 1 atom stereocenters. The van der Waals surface area contributed by atoms with Crippen LogP contribution in [-0.4, -0.2) is 11.1 Å². The van der Waals surface area contributed by atoms with E-state index < -0.39 is 0 Å². The minimum Gasteiger partial charge on any atom is -0.361 e. The van der Waals surface area contributed by atoms with E-state index in [1.165, 1.54) is 0 Å². The van der Waals surface area contributed by atoms with Crippen LogP contribution in [0.15, 0.2) is 34.9 Å². The molecule has 0 spiro atoms. The number of aryl methyl sites for hydroxylation is 1. The fourth-order valence-electron chi connectivity index (χ4n) is 1.81. The molecule has 4 nitrogen and oxygen atoms in total. The number of nitrogens with zero attached hydrogens (tertiary/aromatic N) is 1. The van der Waals surface area contributed by atoms with Crippen LogP contribution in [0.3, 0.4) is 0 Å². The molecule has 0 aliphatic rings. The van der Waals surface area contributed by atoms with Crippen LogP contribution < -0.4 is 5.32 Å². The minimum atomic E-state index is -0.161. The Labute approximate surface area is 112 Å². The van der Waals surface area contributed by atoms with E-state index >= 15 is 0 Å². The second kappa shape index (κ2) is 5.69. The SMILES string of the molecule is Cc1noc(C[C@@H](C)C(=O)Nc2ccccc2)c1C. The maximum absolute atomic E-state index is 12.1. The van der Waals surface area contributed by atoms with Gasteiger partial charge in [-0.1, -0.05) is 30.3 Å². The van der Waals surface area contributed by atoms with Crippen molar-refractivity contribution in [2.45, 2.75) is 27.2 Å². The van der Waals surface area contributed by atoms with Gasteiger partial charge in [0.2, 0.25) is 5.91 Å². The number of hydrogen-bond acceptors (Lipinski definition) is 3. The van der Waals surface area contributed by atoms with Crippen LogP contribution in [0.5, 0.6) is 0 Å². The molecule has 0 radical (unpaired) electrons. The highest BCUT2D eigenvalue weighted by Crippen LogP contribution is 2.17. The van der Waals surface area contributed by atoms with E-state index in [1.807, 2.05) is 51.1 Å². The van der Waals surface area contributed by atoms with Crippen molar-refractivity contribution in [2.24, 2.45) is 5.92 Å². The van der Waals surface area contributed by atoms with Gasteiger partial charge in [0, 0.05) is 23.6 Å². The number of carbonyl (C=O) groups is 1. The fourth-order valence-corrected chi connectivity index (χ4v) is 1.81. The third-order valence-corrected chi connectivity index (χ3v) is 3.23. The van der Waals surface area contributed by atoms with Gasteiger partial charge in [-0.2, -0.15) is 0 Å². The van der Waals surface area contributed by atoms with Crippen molar-refractivity contribution in [3.8, 4) is 0 Å². The summed E-state index contributed by atoms with van der Waals surface area (Å²) in [6, 6.07) is 9.44. The molecule has 1 amide bonds.